The summed E-state index contributed by atoms with van der Waals surface area (Å²) >= 11 is 0. The number of hydrogen-bond donors (Lipinski definition) is 6. The van der Waals surface area contributed by atoms with E-state index in [0.29, 0.717) is 6.42 Å². The predicted molar refractivity (Wildman–Crippen MR) is 253 cm³/mol. The molecule has 1 heterocycles. The minimum absolute atomic E-state index is 0.191. The van der Waals surface area contributed by atoms with Crippen molar-refractivity contribution >= 4 is 5.91 Å². The van der Waals surface area contributed by atoms with Crippen molar-refractivity contribution in [3.8, 4) is 0 Å². The third-order valence-electron chi connectivity index (χ3n) is 12.2. The van der Waals surface area contributed by atoms with Crippen molar-refractivity contribution in [3.05, 3.63) is 36.5 Å². The molecule has 6 N–H and O–H groups in total. The van der Waals surface area contributed by atoms with Gasteiger partial charge in [0.05, 0.1) is 25.4 Å². The predicted octanol–water partition coefficient (Wildman–Crippen LogP) is 11.6. The lowest BCUT2D eigenvalue weighted by molar-refractivity contribution is -0.302. The fourth-order valence-electron chi connectivity index (χ4n) is 8.08. The summed E-state index contributed by atoms with van der Waals surface area (Å²) in [4.78, 5) is 13.0. The third-order valence-corrected chi connectivity index (χ3v) is 12.2. The maximum Gasteiger partial charge on any atom is 0.220 e. The SMILES string of the molecule is CCC/C=C\C/C=C\CCCCCCCC(=O)NC(COC1OC(CO)C(O)C(O)C1O)C(O)/C=C/CCCCCCCCCCCCCCCCCCCCCCCCC. The first-order valence-electron chi connectivity index (χ1n) is 25.7. The Morgan fingerprint density at radius 1 is 0.557 bits per heavy atom. The van der Waals surface area contributed by atoms with Crippen LogP contribution in [0.3, 0.4) is 0 Å². The number of allylic oxidation sites excluding steroid dienone is 5. The van der Waals surface area contributed by atoms with E-state index in [1.54, 1.807) is 6.08 Å². The lowest BCUT2D eigenvalue weighted by Crippen LogP contribution is -2.60. The number of nitrogens with one attached hydrogen (secondary N) is 1. The largest absolute Gasteiger partial charge is 0.394 e. The monoisotopic (exact) mass is 864 g/mol. The van der Waals surface area contributed by atoms with E-state index in [1.807, 2.05) is 6.08 Å². The molecular formula is C52H97NO8. The van der Waals surface area contributed by atoms with Crippen molar-refractivity contribution in [1.82, 2.24) is 5.32 Å². The molecule has 0 aromatic heterocycles. The van der Waals surface area contributed by atoms with E-state index < -0.39 is 49.5 Å². The van der Waals surface area contributed by atoms with Gasteiger partial charge in [-0.15, -0.1) is 0 Å². The van der Waals surface area contributed by atoms with Gasteiger partial charge < -0.3 is 40.3 Å². The molecule has 7 atom stereocenters. The average molecular weight is 864 g/mol. The molecular weight excluding hydrogens is 767 g/mol. The van der Waals surface area contributed by atoms with Crippen molar-refractivity contribution in [2.45, 2.75) is 275 Å². The Bertz CT molecular complexity index is 1050. The number of carbonyl (C=O) groups is 1. The summed E-state index contributed by atoms with van der Waals surface area (Å²) in [5.74, 6) is -0.191. The van der Waals surface area contributed by atoms with Crippen molar-refractivity contribution in [3.63, 3.8) is 0 Å². The van der Waals surface area contributed by atoms with Gasteiger partial charge in [0.15, 0.2) is 6.29 Å². The van der Waals surface area contributed by atoms with Crippen LogP contribution >= 0.6 is 0 Å². The highest BCUT2D eigenvalue weighted by atomic mass is 16.7. The van der Waals surface area contributed by atoms with Crippen LogP contribution < -0.4 is 5.32 Å². The Morgan fingerprint density at radius 2 is 1.00 bits per heavy atom. The molecule has 9 nitrogen and oxygen atoms in total. The molecule has 358 valence electrons. The molecule has 0 aromatic rings. The molecule has 0 bridgehead atoms. The quantitative estimate of drug-likeness (QED) is 0.0262. The molecule has 1 aliphatic heterocycles. The van der Waals surface area contributed by atoms with Crippen LogP contribution in [0.4, 0.5) is 0 Å². The maximum absolute atomic E-state index is 13.0. The second-order valence-corrected chi connectivity index (χ2v) is 18.0. The standard InChI is InChI=1S/C52H97NO8/c1-3-5-7-9-11-13-15-17-18-19-20-21-22-23-24-25-26-27-28-30-31-33-35-37-39-41-46(55)45(44-60-52-51(59)50(58)49(57)47(43-54)61-52)53-48(56)42-40-38-36-34-32-29-16-14-12-10-8-6-4-2/h8,10,14,16,39,41,45-47,49-52,54-55,57-59H,3-7,9,11-13,15,17-38,40,42-44H2,1-2H3,(H,53,56)/b10-8-,16-14-,41-39+. The van der Waals surface area contributed by atoms with Gasteiger partial charge in [0, 0.05) is 6.42 Å². The Kier molecular flexibility index (Phi) is 39.9. The van der Waals surface area contributed by atoms with Crippen LogP contribution in [0, 0.1) is 0 Å². The molecule has 7 unspecified atom stereocenters. The first-order valence-corrected chi connectivity index (χ1v) is 25.7. The van der Waals surface area contributed by atoms with E-state index in [9.17, 15) is 30.3 Å². The Labute approximate surface area is 374 Å². The molecule has 0 radical (unpaired) electrons. The molecule has 0 spiro atoms. The van der Waals surface area contributed by atoms with Crippen LogP contribution in [0.5, 0.6) is 0 Å². The fourth-order valence-corrected chi connectivity index (χ4v) is 8.08. The van der Waals surface area contributed by atoms with Crippen LogP contribution in [0.1, 0.15) is 232 Å². The number of ether oxygens (including phenoxy) is 2. The molecule has 61 heavy (non-hydrogen) atoms. The molecule has 0 aromatic carbocycles. The maximum atomic E-state index is 13.0. The second kappa shape index (κ2) is 42.4. The number of aliphatic hydroxyl groups excluding tert-OH is 5. The van der Waals surface area contributed by atoms with Crippen molar-refractivity contribution < 1.29 is 39.8 Å². The molecule has 0 aliphatic carbocycles. The van der Waals surface area contributed by atoms with Gasteiger partial charge in [0.1, 0.15) is 24.4 Å². The minimum atomic E-state index is -1.57. The second-order valence-electron chi connectivity index (χ2n) is 18.0. The number of amides is 1. The Hall–Kier alpha value is -1.59. The first-order chi connectivity index (χ1) is 29.8. The highest BCUT2D eigenvalue weighted by Gasteiger charge is 2.44. The highest BCUT2D eigenvalue weighted by molar-refractivity contribution is 5.76. The van der Waals surface area contributed by atoms with E-state index in [4.69, 9.17) is 9.47 Å². The summed E-state index contributed by atoms with van der Waals surface area (Å²) in [6.45, 7) is 3.71. The average Bonchev–Trinajstić information content (AvgIpc) is 3.26. The van der Waals surface area contributed by atoms with Crippen LogP contribution in [-0.4, -0.2) is 87.5 Å². The number of carbonyl (C=O) groups excluding carboxylic acids is 1. The topological polar surface area (TPSA) is 149 Å². The lowest BCUT2D eigenvalue weighted by Gasteiger charge is -2.40. The normalized spacial score (nSPS) is 20.7. The Balaban J connectivity index is 2.25. The number of aliphatic hydroxyl groups is 5. The smallest absolute Gasteiger partial charge is 0.220 e. The van der Waals surface area contributed by atoms with Gasteiger partial charge in [0.25, 0.3) is 0 Å². The van der Waals surface area contributed by atoms with Gasteiger partial charge in [-0.1, -0.05) is 217 Å². The Morgan fingerprint density at radius 3 is 1.48 bits per heavy atom. The summed E-state index contributed by atoms with van der Waals surface area (Å²) in [5, 5.41) is 54.3. The van der Waals surface area contributed by atoms with Gasteiger partial charge in [0.2, 0.25) is 5.91 Å². The van der Waals surface area contributed by atoms with Gasteiger partial charge >= 0.3 is 0 Å². The number of rotatable bonds is 43. The van der Waals surface area contributed by atoms with Crippen molar-refractivity contribution in [2.75, 3.05) is 13.2 Å². The molecule has 9 heteroatoms. The van der Waals surface area contributed by atoms with Gasteiger partial charge in [-0.2, -0.15) is 0 Å². The summed E-state index contributed by atoms with van der Waals surface area (Å²) in [6, 6.07) is -0.811. The van der Waals surface area contributed by atoms with Crippen LogP contribution in [0.15, 0.2) is 36.5 Å². The van der Waals surface area contributed by atoms with E-state index >= 15 is 0 Å². The van der Waals surface area contributed by atoms with E-state index in [-0.39, 0.29) is 12.5 Å². The highest BCUT2D eigenvalue weighted by Crippen LogP contribution is 2.23. The van der Waals surface area contributed by atoms with E-state index in [0.717, 1.165) is 70.6 Å². The summed E-state index contributed by atoms with van der Waals surface area (Å²) in [6.07, 6.45) is 46.3. The van der Waals surface area contributed by atoms with Crippen LogP contribution in [0.25, 0.3) is 0 Å². The molecule has 1 aliphatic rings. The van der Waals surface area contributed by atoms with Crippen molar-refractivity contribution in [2.24, 2.45) is 0 Å². The first kappa shape index (κ1) is 57.4. The van der Waals surface area contributed by atoms with Gasteiger partial charge in [-0.3, -0.25) is 4.79 Å². The summed E-state index contributed by atoms with van der Waals surface area (Å²) < 4.78 is 11.2. The van der Waals surface area contributed by atoms with Crippen LogP contribution in [-0.2, 0) is 14.3 Å². The zero-order valence-corrected chi connectivity index (χ0v) is 39.4. The lowest BCUT2D eigenvalue weighted by atomic mass is 9.99. The number of unbranched alkanes of at least 4 members (excludes halogenated alkanes) is 29. The zero-order valence-electron chi connectivity index (χ0n) is 39.4. The molecule has 1 rings (SSSR count). The van der Waals surface area contributed by atoms with Gasteiger partial charge in [-0.25, -0.2) is 0 Å². The molecule has 1 amide bonds. The fraction of sp³-hybridized carbons (Fsp3) is 0.865. The van der Waals surface area contributed by atoms with E-state index in [2.05, 4.69) is 43.5 Å². The van der Waals surface area contributed by atoms with Crippen molar-refractivity contribution in [1.29, 1.82) is 0 Å². The molecule has 1 fully saturated rings. The third kappa shape index (κ3) is 32.7. The number of hydrogen-bond acceptors (Lipinski definition) is 8. The summed E-state index contributed by atoms with van der Waals surface area (Å²) in [7, 11) is 0. The zero-order chi connectivity index (χ0) is 44.4. The molecule has 1 saturated heterocycles. The minimum Gasteiger partial charge on any atom is -0.394 e. The molecule has 0 saturated carbocycles. The van der Waals surface area contributed by atoms with Crippen LogP contribution in [0.2, 0.25) is 0 Å². The van der Waals surface area contributed by atoms with Gasteiger partial charge in [-0.05, 0) is 44.9 Å². The summed E-state index contributed by atoms with van der Waals surface area (Å²) in [5.41, 5.74) is 0. The van der Waals surface area contributed by atoms with E-state index in [1.165, 1.54) is 141 Å².